The van der Waals surface area contributed by atoms with Crippen molar-refractivity contribution >= 4 is 5.82 Å². The van der Waals surface area contributed by atoms with Crippen LogP contribution in [-0.4, -0.2) is 23.1 Å². The Hall–Kier alpha value is -1.09. The van der Waals surface area contributed by atoms with Crippen LogP contribution in [0.3, 0.4) is 0 Å². The quantitative estimate of drug-likeness (QED) is 0.890. The Morgan fingerprint density at radius 2 is 1.95 bits per heavy atom. The topological polar surface area (TPSA) is 28.2 Å². The van der Waals surface area contributed by atoms with Crippen molar-refractivity contribution in [1.82, 2.24) is 10.3 Å². The van der Waals surface area contributed by atoms with E-state index in [-0.39, 0.29) is 5.54 Å². The Kier molecular flexibility index (Phi) is 4.38. The van der Waals surface area contributed by atoms with E-state index in [1.54, 1.807) is 0 Å². The van der Waals surface area contributed by atoms with Crippen LogP contribution in [0.15, 0.2) is 6.07 Å². The van der Waals surface area contributed by atoms with Gasteiger partial charge in [0.05, 0.1) is 0 Å². The molecule has 1 aromatic heterocycles. The van der Waals surface area contributed by atoms with Gasteiger partial charge >= 0.3 is 0 Å². The first kappa shape index (κ1) is 15.3. The first-order valence-electron chi connectivity index (χ1n) is 7.80. The van der Waals surface area contributed by atoms with Gasteiger partial charge < -0.3 is 10.2 Å². The number of hydrogen-bond donors (Lipinski definition) is 1. The van der Waals surface area contributed by atoms with Gasteiger partial charge in [-0.1, -0.05) is 0 Å². The number of aromatic nitrogens is 1. The van der Waals surface area contributed by atoms with Gasteiger partial charge in [-0.15, -0.1) is 0 Å². The van der Waals surface area contributed by atoms with Crippen molar-refractivity contribution in [3.05, 3.63) is 22.9 Å². The molecule has 1 heterocycles. The minimum absolute atomic E-state index is 0.130. The molecule has 0 aromatic carbocycles. The van der Waals surface area contributed by atoms with Crippen LogP contribution in [0.2, 0.25) is 0 Å². The van der Waals surface area contributed by atoms with Gasteiger partial charge in [-0.25, -0.2) is 4.98 Å². The van der Waals surface area contributed by atoms with Crippen LogP contribution < -0.4 is 10.2 Å². The van der Waals surface area contributed by atoms with E-state index in [0.29, 0.717) is 6.04 Å². The molecule has 112 valence electrons. The van der Waals surface area contributed by atoms with E-state index >= 15 is 0 Å². The normalized spacial score (nSPS) is 15.5. The Bertz CT molecular complexity index is 470. The fourth-order valence-corrected chi connectivity index (χ4v) is 2.62. The lowest BCUT2D eigenvalue weighted by molar-refractivity contribution is 0.423. The fraction of sp³-hybridized carbons (Fsp3) is 0.706. The van der Waals surface area contributed by atoms with Gasteiger partial charge in [-0.3, -0.25) is 0 Å². The molecule has 0 saturated heterocycles. The first-order valence-corrected chi connectivity index (χ1v) is 7.80. The Morgan fingerprint density at radius 1 is 1.30 bits per heavy atom. The highest BCUT2D eigenvalue weighted by molar-refractivity contribution is 5.53. The molecule has 1 aromatic rings. The van der Waals surface area contributed by atoms with Gasteiger partial charge in [0.15, 0.2) is 0 Å². The van der Waals surface area contributed by atoms with Gasteiger partial charge in [-0.2, -0.15) is 0 Å². The van der Waals surface area contributed by atoms with Gasteiger partial charge in [0.1, 0.15) is 5.82 Å². The molecule has 1 aliphatic carbocycles. The Labute approximate surface area is 123 Å². The molecule has 0 atom stereocenters. The summed E-state index contributed by atoms with van der Waals surface area (Å²) in [5.41, 5.74) is 3.96. The fourth-order valence-electron chi connectivity index (χ4n) is 2.62. The van der Waals surface area contributed by atoms with Crippen LogP contribution in [0, 0.1) is 13.8 Å². The van der Waals surface area contributed by atoms with Gasteiger partial charge in [0.2, 0.25) is 0 Å². The van der Waals surface area contributed by atoms with Crippen LogP contribution in [-0.2, 0) is 6.54 Å². The highest BCUT2D eigenvalue weighted by atomic mass is 15.2. The zero-order valence-corrected chi connectivity index (χ0v) is 13.9. The van der Waals surface area contributed by atoms with Crippen molar-refractivity contribution in [2.75, 3.05) is 11.4 Å². The standard InChI is InChI=1S/C17H29N3/c1-7-20(14-8-9-14)16-15(11-18-17(4,5)6)12(2)10-13(3)19-16/h10,14,18H,7-9,11H2,1-6H3. The molecule has 0 spiro atoms. The molecule has 0 radical (unpaired) electrons. The molecule has 1 fully saturated rings. The second kappa shape index (κ2) is 5.72. The van der Waals surface area contributed by atoms with Crippen molar-refractivity contribution in [3.63, 3.8) is 0 Å². The van der Waals surface area contributed by atoms with Crippen molar-refractivity contribution < 1.29 is 0 Å². The summed E-state index contributed by atoms with van der Waals surface area (Å²) in [6, 6.07) is 2.91. The number of nitrogens with one attached hydrogen (secondary N) is 1. The van der Waals surface area contributed by atoms with E-state index in [4.69, 9.17) is 4.98 Å². The molecule has 0 aliphatic heterocycles. The zero-order chi connectivity index (χ0) is 14.9. The number of anilines is 1. The SMILES string of the molecule is CCN(c1nc(C)cc(C)c1CNC(C)(C)C)C1CC1. The highest BCUT2D eigenvalue weighted by Crippen LogP contribution is 2.33. The first-order chi connectivity index (χ1) is 9.31. The number of nitrogens with zero attached hydrogens (tertiary/aromatic N) is 2. The number of aryl methyl sites for hydroxylation is 2. The van der Waals surface area contributed by atoms with E-state index in [0.717, 1.165) is 18.8 Å². The predicted molar refractivity (Wildman–Crippen MR) is 86.3 cm³/mol. The molecule has 2 rings (SSSR count). The lowest BCUT2D eigenvalue weighted by atomic mass is 10.1. The smallest absolute Gasteiger partial charge is 0.133 e. The van der Waals surface area contributed by atoms with E-state index in [1.165, 1.54) is 29.8 Å². The van der Waals surface area contributed by atoms with Crippen LogP contribution in [0.4, 0.5) is 5.82 Å². The third-order valence-electron chi connectivity index (χ3n) is 3.85. The largest absolute Gasteiger partial charge is 0.354 e. The summed E-state index contributed by atoms with van der Waals surface area (Å²) in [5.74, 6) is 1.20. The van der Waals surface area contributed by atoms with Crippen LogP contribution in [0.1, 0.15) is 57.4 Å². The predicted octanol–water partition coefficient (Wildman–Crippen LogP) is 3.58. The summed E-state index contributed by atoms with van der Waals surface area (Å²) in [6.07, 6.45) is 2.63. The second-order valence-corrected chi connectivity index (χ2v) is 7.00. The summed E-state index contributed by atoms with van der Waals surface area (Å²) in [6.45, 7) is 15.1. The molecule has 1 aliphatic rings. The molecule has 0 bridgehead atoms. The monoisotopic (exact) mass is 275 g/mol. The number of hydrogen-bond acceptors (Lipinski definition) is 3. The molecule has 20 heavy (non-hydrogen) atoms. The van der Waals surface area contributed by atoms with Crippen molar-refractivity contribution in [3.8, 4) is 0 Å². The molecular weight excluding hydrogens is 246 g/mol. The molecule has 3 heteroatoms. The van der Waals surface area contributed by atoms with Crippen LogP contribution in [0.25, 0.3) is 0 Å². The van der Waals surface area contributed by atoms with Gasteiger partial charge in [0, 0.05) is 35.9 Å². The lowest BCUT2D eigenvalue weighted by Gasteiger charge is -2.28. The molecule has 0 amide bonds. The van der Waals surface area contributed by atoms with E-state index in [1.807, 2.05) is 0 Å². The van der Waals surface area contributed by atoms with Crippen molar-refractivity contribution in [1.29, 1.82) is 0 Å². The van der Waals surface area contributed by atoms with Crippen LogP contribution in [0.5, 0.6) is 0 Å². The van der Waals surface area contributed by atoms with Crippen LogP contribution >= 0.6 is 0 Å². The second-order valence-electron chi connectivity index (χ2n) is 7.00. The molecule has 3 nitrogen and oxygen atoms in total. The number of pyridine rings is 1. The third kappa shape index (κ3) is 3.72. The summed E-state index contributed by atoms with van der Waals surface area (Å²) >= 11 is 0. The maximum Gasteiger partial charge on any atom is 0.133 e. The average molecular weight is 275 g/mol. The maximum absolute atomic E-state index is 4.85. The Morgan fingerprint density at radius 3 is 2.45 bits per heavy atom. The minimum atomic E-state index is 0.130. The highest BCUT2D eigenvalue weighted by Gasteiger charge is 2.30. The summed E-state index contributed by atoms with van der Waals surface area (Å²) in [4.78, 5) is 7.34. The van der Waals surface area contributed by atoms with Crippen molar-refractivity contribution in [2.24, 2.45) is 0 Å². The molecule has 1 N–H and O–H groups in total. The summed E-state index contributed by atoms with van der Waals surface area (Å²) in [7, 11) is 0. The molecule has 0 unspecified atom stereocenters. The molecule has 1 saturated carbocycles. The summed E-state index contributed by atoms with van der Waals surface area (Å²) in [5, 5.41) is 3.61. The van der Waals surface area contributed by atoms with E-state index < -0.39 is 0 Å². The molecular formula is C17H29N3. The number of rotatable bonds is 5. The van der Waals surface area contributed by atoms with Gasteiger partial charge in [0.25, 0.3) is 0 Å². The zero-order valence-electron chi connectivity index (χ0n) is 13.9. The maximum atomic E-state index is 4.85. The van der Waals surface area contributed by atoms with E-state index in [9.17, 15) is 0 Å². The average Bonchev–Trinajstić information content (AvgIpc) is 3.11. The van der Waals surface area contributed by atoms with E-state index in [2.05, 4.69) is 57.8 Å². The summed E-state index contributed by atoms with van der Waals surface area (Å²) < 4.78 is 0. The lowest BCUT2D eigenvalue weighted by Crippen LogP contribution is -2.36. The van der Waals surface area contributed by atoms with Gasteiger partial charge in [-0.05, 0) is 66.0 Å². The Balaban J connectivity index is 2.32. The minimum Gasteiger partial charge on any atom is -0.354 e. The third-order valence-corrected chi connectivity index (χ3v) is 3.85. The van der Waals surface area contributed by atoms with Crippen molar-refractivity contribution in [2.45, 2.75) is 72.5 Å².